The van der Waals surface area contributed by atoms with Crippen LogP contribution in [0.2, 0.25) is 0 Å². The van der Waals surface area contributed by atoms with Gasteiger partial charge in [-0.2, -0.15) is 0 Å². The summed E-state index contributed by atoms with van der Waals surface area (Å²) in [7, 11) is 0. The molecule has 4 nitrogen and oxygen atoms in total. The Hall–Kier alpha value is -1.43. The lowest BCUT2D eigenvalue weighted by Crippen LogP contribution is -2.17. The molecule has 1 aliphatic carbocycles. The molecule has 2 rings (SSSR count). The number of benzene rings is 1. The summed E-state index contributed by atoms with van der Waals surface area (Å²) in [5.41, 5.74) is 0.0559. The number of carbonyl (C=O) groups is 2. The van der Waals surface area contributed by atoms with Crippen LogP contribution in [0.3, 0.4) is 0 Å². The minimum atomic E-state index is -0.986. The van der Waals surface area contributed by atoms with Crippen molar-refractivity contribution in [3.8, 4) is 0 Å². The molecule has 2 unspecified atom stereocenters. The van der Waals surface area contributed by atoms with Gasteiger partial charge in [0.2, 0.25) is 5.91 Å². The van der Waals surface area contributed by atoms with Gasteiger partial charge < -0.3 is 10.4 Å². The van der Waals surface area contributed by atoms with Crippen molar-refractivity contribution in [3.63, 3.8) is 0 Å². The molecule has 1 amide bonds. The van der Waals surface area contributed by atoms with Crippen LogP contribution in [-0.2, 0) is 9.59 Å². The van der Waals surface area contributed by atoms with Crippen LogP contribution >= 0.6 is 15.9 Å². The maximum Gasteiger partial charge on any atom is 0.307 e. The van der Waals surface area contributed by atoms with E-state index in [9.17, 15) is 14.0 Å². The Morgan fingerprint density at radius 2 is 2.12 bits per heavy atom. The number of anilines is 1. The fourth-order valence-electron chi connectivity index (χ4n) is 1.58. The Morgan fingerprint density at radius 1 is 1.41 bits per heavy atom. The Bertz CT molecular complexity index is 492. The van der Waals surface area contributed by atoms with Crippen LogP contribution in [0.4, 0.5) is 10.1 Å². The molecule has 0 spiro atoms. The number of hydrogen-bond acceptors (Lipinski definition) is 2. The molecule has 1 aromatic rings. The number of rotatable bonds is 3. The van der Waals surface area contributed by atoms with Crippen LogP contribution in [0.15, 0.2) is 22.7 Å². The quantitative estimate of drug-likeness (QED) is 0.900. The Kier molecular flexibility index (Phi) is 3.15. The zero-order chi connectivity index (χ0) is 12.6. The van der Waals surface area contributed by atoms with E-state index in [0.717, 1.165) is 0 Å². The van der Waals surface area contributed by atoms with Gasteiger partial charge in [0, 0.05) is 4.47 Å². The summed E-state index contributed by atoms with van der Waals surface area (Å²) < 4.78 is 14.0. The number of carboxylic acid groups (broad SMARTS) is 1. The van der Waals surface area contributed by atoms with Gasteiger partial charge in [-0.05, 0) is 24.6 Å². The van der Waals surface area contributed by atoms with Crippen LogP contribution in [0.5, 0.6) is 0 Å². The van der Waals surface area contributed by atoms with Gasteiger partial charge in [0.05, 0.1) is 17.5 Å². The molecule has 1 fully saturated rings. The minimum Gasteiger partial charge on any atom is -0.481 e. The molecule has 90 valence electrons. The van der Waals surface area contributed by atoms with Gasteiger partial charge >= 0.3 is 5.97 Å². The van der Waals surface area contributed by atoms with Crippen molar-refractivity contribution in [2.45, 2.75) is 6.42 Å². The van der Waals surface area contributed by atoms with Gasteiger partial charge in [0.15, 0.2) is 0 Å². The lowest BCUT2D eigenvalue weighted by atomic mass is 10.2. The molecule has 0 aliphatic heterocycles. The molecule has 2 atom stereocenters. The number of carboxylic acids is 1. The Balaban J connectivity index is 2.04. The first-order chi connectivity index (χ1) is 7.99. The van der Waals surface area contributed by atoms with Crippen molar-refractivity contribution < 1.29 is 19.1 Å². The third-order valence-corrected chi connectivity index (χ3v) is 3.12. The highest BCUT2D eigenvalue weighted by molar-refractivity contribution is 9.10. The minimum absolute atomic E-state index is 0.0559. The summed E-state index contributed by atoms with van der Waals surface area (Å²) in [6.07, 6.45) is 0.316. The zero-order valence-electron chi connectivity index (χ0n) is 8.61. The lowest BCUT2D eigenvalue weighted by molar-refractivity contribution is -0.139. The van der Waals surface area contributed by atoms with Crippen LogP contribution in [0.1, 0.15) is 6.42 Å². The van der Waals surface area contributed by atoms with Crippen molar-refractivity contribution in [2.24, 2.45) is 11.8 Å². The first-order valence-electron chi connectivity index (χ1n) is 4.98. The molecule has 0 bridgehead atoms. The van der Waals surface area contributed by atoms with Gasteiger partial charge in [0.1, 0.15) is 5.82 Å². The smallest absolute Gasteiger partial charge is 0.307 e. The Morgan fingerprint density at radius 3 is 2.71 bits per heavy atom. The van der Waals surface area contributed by atoms with Crippen molar-refractivity contribution in [2.75, 3.05) is 5.32 Å². The molecule has 0 saturated heterocycles. The lowest BCUT2D eigenvalue weighted by Gasteiger charge is -2.06. The molecule has 1 saturated carbocycles. The number of nitrogens with one attached hydrogen (secondary N) is 1. The highest BCUT2D eigenvalue weighted by Gasteiger charge is 2.48. The summed E-state index contributed by atoms with van der Waals surface area (Å²) in [6.45, 7) is 0. The van der Waals surface area contributed by atoms with E-state index in [2.05, 4.69) is 21.2 Å². The van der Waals surface area contributed by atoms with E-state index in [1.165, 1.54) is 18.2 Å². The number of amides is 1. The summed E-state index contributed by atoms with van der Waals surface area (Å²) in [6, 6.07) is 4.18. The SMILES string of the molecule is O=C(O)C1CC1C(=O)Nc1cc(Br)ccc1F. The van der Waals surface area contributed by atoms with Crippen LogP contribution in [0, 0.1) is 17.7 Å². The molecule has 17 heavy (non-hydrogen) atoms. The number of halogens is 2. The van der Waals surface area contributed by atoms with E-state index in [0.29, 0.717) is 10.9 Å². The van der Waals surface area contributed by atoms with Crippen molar-refractivity contribution in [1.29, 1.82) is 0 Å². The number of hydrogen-bond donors (Lipinski definition) is 2. The second-order valence-corrected chi connectivity index (χ2v) is 4.82. The second kappa shape index (κ2) is 4.44. The summed E-state index contributed by atoms with van der Waals surface area (Å²) >= 11 is 3.16. The van der Waals surface area contributed by atoms with Crippen molar-refractivity contribution in [1.82, 2.24) is 0 Å². The average molecular weight is 302 g/mol. The van der Waals surface area contributed by atoms with E-state index in [-0.39, 0.29) is 5.69 Å². The molecular weight excluding hydrogens is 293 g/mol. The number of aliphatic carboxylic acids is 1. The first-order valence-corrected chi connectivity index (χ1v) is 5.77. The third-order valence-electron chi connectivity index (χ3n) is 2.63. The molecule has 1 aromatic carbocycles. The van der Waals surface area contributed by atoms with Gasteiger partial charge in [0.25, 0.3) is 0 Å². The normalized spacial score (nSPS) is 22.0. The molecule has 6 heteroatoms. The monoisotopic (exact) mass is 301 g/mol. The topological polar surface area (TPSA) is 66.4 Å². The van der Waals surface area contributed by atoms with Crippen LogP contribution in [0.25, 0.3) is 0 Å². The van der Waals surface area contributed by atoms with E-state index in [4.69, 9.17) is 5.11 Å². The van der Waals surface area contributed by atoms with Crippen LogP contribution in [-0.4, -0.2) is 17.0 Å². The molecule has 0 heterocycles. The molecule has 1 aliphatic rings. The van der Waals surface area contributed by atoms with Gasteiger partial charge in [-0.15, -0.1) is 0 Å². The molecular formula is C11H9BrFNO3. The average Bonchev–Trinajstić information content (AvgIpc) is 3.03. The summed E-state index contributed by atoms with van der Waals surface area (Å²) in [4.78, 5) is 22.2. The predicted octanol–water partition coefficient (Wildman–Crippen LogP) is 2.25. The van der Waals surface area contributed by atoms with Crippen molar-refractivity contribution >= 4 is 33.5 Å². The maximum atomic E-state index is 13.3. The van der Waals surface area contributed by atoms with E-state index < -0.39 is 29.5 Å². The van der Waals surface area contributed by atoms with E-state index >= 15 is 0 Å². The highest BCUT2D eigenvalue weighted by atomic mass is 79.9. The number of carbonyl (C=O) groups excluding carboxylic acids is 1. The fourth-order valence-corrected chi connectivity index (χ4v) is 1.94. The van der Waals surface area contributed by atoms with E-state index in [1.54, 1.807) is 0 Å². The van der Waals surface area contributed by atoms with Crippen molar-refractivity contribution in [3.05, 3.63) is 28.5 Å². The maximum absolute atomic E-state index is 13.3. The summed E-state index contributed by atoms with van der Waals surface area (Å²) in [5, 5.41) is 11.1. The third kappa shape index (κ3) is 2.63. The Labute approximate surface area is 105 Å². The fraction of sp³-hybridized carbons (Fsp3) is 0.273. The predicted molar refractivity (Wildman–Crippen MR) is 62.0 cm³/mol. The molecule has 0 aromatic heterocycles. The van der Waals surface area contributed by atoms with Gasteiger partial charge in [-0.1, -0.05) is 15.9 Å². The van der Waals surface area contributed by atoms with Gasteiger partial charge in [-0.3, -0.25) is 9.59 Å². The van der Waals surface area contributed by atoms with E-state index in [1.807, 2.05) is 0 Å². The second-order valence-electron chi connectivity index (χ2n) is 3.90. The van der Waals surface area contributed by atoms with Gasteiger partial charge in [-0.25, -0.2) is 4.39 Å². The first kappa shape index (κ1) is 12.0. The van der Waals surface area contributed by atoms with Crippen LogP contribution < -0.4 is 5.32 Å². The molecule has 2 N–H and O–H groups in total. The largest absolute Gasteiger partial charge is 0.481 e. The molecule has 0 radical (unpaired) electrons. The highest BCUT2D eigenvalue weighted by Crippen LogP contribution is 2.39. The zero-order valence-corrected chi connectivity index (χ0v) is 10.2. The summed E-state index contributed by atoms with van der Waals surface area (Å²) in [5.74, 6) is -3.17. The standard InChI is InChI=1S/C11H9BrFNO3/c12-5-1-2-8(13)9(3-5)14-10(15)6-4-7(6)11(16)17/h1-3,6-7H,4H2,(H,14,15)(H,16,17).